The zero-order chi connectivity index (χ0) is 16.1. The third-order valence-corrected chi connectivity index (χ3v) is 3.50. The number of ketones is 1. The van der Waals surface area contributed by atoms with E-state index in [2.05, 4.69) is 5.16 Å². The van der Waals surface area contributed by atoms with Gasteiger partial charge in [0, 0.05) is 10.6 Å². The molecule has 0 heterocycles. The lowest BCUT2D eigenvalue weighted by Gasteiger charge is -2.15. The molecule has 1 N–H and O–H groups in total. The van der Waals surface area contributed by atoms with Gasteiger partial charge in [-0.05, 0) is 55.8 Å². The van der Waals surface area contributed by atoms with Gasteiger partial charge in [-0.15, -0.1) is 0 Å². The maximum atomic E-state index is 11.8. The molecule has 0 radical (unpaired) electrons. The van der Waals surface area contributed by atoms with Gasteiger partial charge in [-0.3, -0.25) is 4.79 Å². The van der Waals surface area contributed by atoms with Crippen LogP contribution in [0, 0.1) is 0 Å². The molecule has 2 aromatic carbocycles. The number of hydrogen-bond donors (Lipinski definition) is 1. The summed E-state index contributed by atoms with van der Waals surface area (Å²) in [5.41, 5.74) is 1.50. The van der Waals surface area contributed by atoms with E-state index in [0.29, 0.717) is 16.3 Å². The lowest BCUT2D eigenvalue weighted by atomic mass is 10.1. The molecule has 0 spiro atoms. The number of ether oxygens (including phenoxy) is 1. The SMILES string of the molecule is C/C(=N\O)C(=O)c1ccc(OC(C)c2ccc(Cl)cc2)cc1. The highest BCUT2D eigenvalue weighted by atomic mass is 35.5. The number of Topliss-reactive ketones (excluding diaryl/α,β-unsaturated/α-hetero) is 1. The summed E-state index contributed by atoms with van der Waals surface area (Å²) in [6, 6.07) is 14.2. The number of halogens is 1. The van der Waals surface area contributed by atoms with Crippen molar-refractivity contribution in [2.75, 3.05) is 0 Å². The highest BCUT2D eigenvalue weighted by Crippen LogP contribution is 2.23. The summed E-state index contributed by atoms with van der Waals surface area (Å²) >= 11 is 5.86. The van der Waals surface area contributed by atoms with Crippen LogP contribution in [0.4, 0.5) is 0 Å². The average Bonchev–Trinajstić information content (AvgIpc) is 2.54. The van der Waals surface area contributed by atoms with Crippen molar-refractivity contribution in [1.82, 2.24) is 0 Å². The summed E-state index contributed by atoms with van der Waals surface area (Å²) in [5.74, 6) is 0.331. The van der Waals surface area contributed by atoms with Gasteiger partial charge < -0.3 is 9.94 Å². The molecule has 22 heavy (non-hydrogen) atoms. The second-order valence-corrected chi connectivity index (χ2v) is 5.29. The van der Waals surface area contributed by atoms with Gasteiger partial charge in [0.05, 0.1) is 0 Å². The normalized spacial score (nSPS) is 12.8. The van der Waals surface area contributed by atoms with Gasteiger partial charge in [-0.1, -0.05) is 28.9 Å². The summed E-state index contributed by atoms with van der Waals surface area (Å²) in [6.07, 6.45) is -0.139. The van der Waals surface area contributed by atoms with Gasteiger partial charge in [0.1, 0.15) is 17.6 Å². The van der Waals surface area contributed by atoms with E-state index < -0.39 is 0 Å². The highest BCUT2D eigenvalue weighted by Gasteiger charge is 2.11. The number of benzene rings is 2. The van der Waals surface area contributed by atoms with Crippen molar-refractivity contribution in [3.63, 3.8) is 0 Å². The van der Waals surface area contributed by atoms with Crippen molar-refractivity contribution in [1.29, 1.82) is 0 Å². The molecular formula is C17H16ClNO3. The number of hydrogen-bond acceptors (Lipinski definition) is 4. The quantitative estimate of drug-likeness (QED) is 0.382. The van der Waals surface area contributed by atoms with E-state index in [0.717, 1.165) is 5.56 Å². The standard InChI is InChI=1S/C17H16ClNO3/c1-11(19-21)17(20)14-5-9-16(10-6-14)22-12(2)13-3-7-15(18)8-4-13/h3-10,12,21H,1-2H3/b19-11+. The van der Waals surface area contributed by atoms with Crippen molar-refractivity contribution >= 4 is 23.1 Å². The second-order valence-electron chi connectivity index (χ2n) is 4.85. The maximum Gasteiger partial charge on any atom is 0.210 e. The predicted octanol–water partition coefficient (Wildman–Crippen LogP) is 4.51. The maximum absolute atomic E-state index is 11.8. The fourth-order valence-electron chi connectivity index (χ4n) is 1.95. The summed E-state index contributed by atoms with van der Waals surface area (Å²) in [5, 5.41) is 12.2. The van der Waals surface area contributed by atoms with Gasteiger partial charge in [-0.25, -0.2) is 0 Å². The van der Waals surface area contributed by atoms with Gasteiger partial charge >= 0.3 is 0 Å². The van der Waals surface area contributed by atoms with E-state index in [4.69, 9.17) is 21.5 Å². The van der Waals surface area contributed by atoms with Crippen LogP contribution in [0.1, 0.15) is 35.9 Å². The summed E-state index contributed by atoms with van der Waals surface area (Å²) in [4.78, 5) is 11.8. The minimum atomic E-state index is -0.320. The fourth-order valence-corrected chi connectivity index (χ4v) is 2.07. The van der Waals surface area contributed by atoms with Gasteiger partial charge in [0.15, 0.2) is 0 Å². The molecule has 2 rings (SSSR count). The summed E-state index contributed by atoms with van der Waals surface area (Å²) in [7, 11) is 0. The van der Waals surface area contributed by atoms with Crippen molar-refractivity contribution < 1.29 is 14.7 Å². The number of oxime groups is 1. The molecule has 4 nitrogen and oxygen atoms in total. The number of carbonyl (C=O) groups excluding carboxylic acids is 1. The largest absolute Gasteiger partial charge is 0.486 e. The van der Waals surface area contributed by atoms with Crippen LogP contribution in [0.5, 0.6) is 5.75 Å². The van der Waals surface area contributed by atoms with Gasteiger partial charge in [0.25, 0.3) is 0 Å². The van der Waals surface area contributed by atoms with E-state index in [1.807, 2.05) is 31.2 Å². The first-order chi connectivity index (χ1) is 10.5. The minimum Gasteiger partial charge on any atom is -0.486 e. The Labute approximate surface area is 134 Å². The lowest BCUT2D eigenvalue weighted by Crippen LogP contribution is -2.10. The first kappa shape index (κ1) is 16.0. The molecule has 0 aliphatic carbocycles. The van der Waals surface area contributed by atoms with Crippen molar-refractivity contribution in [2.24, 2.45) is 5.16 Å². The average molecular weight is 318 g/mol. The smallest absolute Gasteiger partial charge is 0.210 e. The monoisotopic (exact) mass is 317 g/mol. The molecule has 0 fully saturated rings. The zero-order valence-electron chi connectivity index (χ0n) is 12.3. The zero-order valence-corrected chi connectivity index (χ0v) is 13.0. The molecule has 0 saturated carbocycles. The van der Waals surface area contributed by atoms with Crippen LogP contribution in [0.25, 0.3) is 0 Å². The minimum absolute atomic E-state index is 0.0446. The van der Waals surface area contributed by atoms with E-state index >= 15 is 0 Å². The first-order valence-electron chi connectivity index (χ1n) is 6.77. The van der Waals surface area contributed by atoms with Gasteiger partial charge in [0.2, 0.25) is 5.78 Å². The second kappa shape index (κ2) is 7.09. The van der Waals surface area contributed by atoms with Gasteiger partial charge in [-0.2, -0.15) is 0 Å². The Bertz CT molecular complexity index is 678. The molecular weight excluding hydrogens is 302 g/mol. The molecule has 0 bridgehead atoms. The predicted molar refractivity (Wildman–Crippen MR) is 86.2 cm³/mol. The van der Waals surface area contributed by atoms with Crippen molar-refractivity contribution in [3.05, 3.63) is 64.7 Å². The fraction of sp³-hybridized carbons (Fsp3) is 0.176. The Kier molecular flexibility index (Phi) is 5.17. The van der Waals surface area contributed by atoms with E-state index in [1.54, 1.807) is 24.3 Å². The third-order valence-electron chi connectivity index (χ3n) is 3.25. The molecule has 5 heteroatoms. The number of carbonyl (C=O) groups is 1. The molecule has 0 amide bonds. The molecule has 0 saturated heterocycles. The van der Waals surface area contributed by atoms with Crippen LogP contribution in [-0.2, 0) is 0 Å². The van der Waals surface area contributed by atoms with Crippen LogP contribution in [-0.4, -0.2) is 16.7 Å². The Balaban J connectivity index is 2.08. The van der Waals surface area contributed by atoms with E-state index in [-0.39, 0.29) is 17.6 Å². The molecule has 2 aromatic rings. The Morgan fingerprint density at radius 1 is 1.14 bits per heavy atom. The van der Waals surface area contributed by atoms with Crippen molar-refractivity contribution in [3.8, 4) is 5.75 Å². The Morgan fingerprint density at radius 2 is 1.73 bits per heavy atom. The van der Waals surface area contributed by atoms with Crippen LogP contribution in [0.15, 0.2) is 53.7 Å². The van der Waals surface area contributed by atoms with Crippen LogP contribution in [0.2, 0.25) is 5.02 Å². The first-order valence-corrected chi connectivity index (χ1v) is 7.14. The van der Waals surface area contributed by atoms with Crippen molar-refractivity contribution in [2.45, 2.75) is 20.0 Å². The molecule has 1 unspecified atom stereocenters. The molecule has 1 atom stereocenters. The number of nitrogens with zero attached hydrogens (tertiary/aromatic N) is 1. The third kappa shape index (κ3) is 3.86. The topological polar surface area (TPSA) is 58.9 Å². The number of rotatable bonds is 5. The Morgan fingerprint density at radius 3 is 2.27 bits per heavy atom. The molecule has 0 aliphatic rings. The lowest BCUT2D eigenvalue weighted by molar-refractivity contribution is 0.106. The van der Waals surface area contributed by atoms with Crippen LogP contribution < -0.4 is 4.74 Å². The molecule has 114 valence electrons. The molecule has 0 aromatic heterocycles. The Hall–Kier alpha value is -2.33. The van der Waals surface area contributed by atoms with Crippen LogP contribution >= 0.6 is 11.6 Å². The van der Waals surface area contributed by atoms with E-state index in [1.165, 1.54) is 6.92 Å². The molecule has 0 aliphatic heterocycles. The van der Waals surface area contributed by atoms with E-state index in [9.17, 15) is 4.79 Å². The highest BCUT2D eigenvalue weighted by molar-refractivity contribution is 6.45. The summed E-state index contributed by atoms with van der Waals surface area (Å²) in [6.45, 7) is 3.39. The van der Waals surface area contributed by atoms with Crippen LogP contribution in [0.3, 0.4) is 0 Å². The summed E-state index contributed by atoms with van der Waals surface area (Å²) < 4.78 is 5.83.